The molecular weight excluding hydrogens is 344 g/mol. The van der Waals surface area contributed by atoms with Crippen molar-refractivity contribution in [2.75, 3.05) is 11.5 Å². The molecule has 0 atom stereocenters. The number of hydrogen-bond donors (Lipinski definition) is 0. The molecule has 0 aliphatic heterocycles. The van der Waals surface area contributed by atoms with Crippen molar-refractivity contribution < 1.29 is 16.8 Å². The van der Waals surface area contributed by atoms with Gasteiger partial charge in [-0.25, -0.2) is 26.8 Å². The third kappa shape index (κ3) is 4.32. The maximum absolute atomic E-state index is 11.5. The molecule has 0 saturated carbocycles. The van der Waals surface area contributed by atoms with E-state index in [9.17, 15) is 16.8 Å². The summed E-state index contributed by atoms with van der Waals surface area (Å²) in [5, 5.41) is -0.420. The van der Waals surface area contributed by atoms with Crippen LogP contribution in [0.15, 0.2) is 22.0 Å². The minimum Gasteiger partial charge on any atom is -0.226 e. The van der Waals surface area contributed by atoms with E-state index in [0.29, 0.717) is 4.47 Å². The van der Waals surface area contributed by atoms with Crippen LogP contribution >= 0.6 is 26.6 Å². The van der Waals surface area contributed by atoms with E-state index < -0.39 is 35.6 Å². The summed E-state index contributed by atoms with van der Waals surface area (Å²) >= 11 is 3.05. The zero-order valence-electron chi connectivity index (χ0n) is 7.67. The van der Waals surface area contributed by atoms with Crippen LogP contribution in [0.1, 0.15) is 0 Å². The number of hydrogen-bond acceptors (Lipinski definition) is 6. The van der Waals surface area contributed by atoms with Crippen LogP contribution in [0.3, 0.4) is 0 Å². The van der Waals surface area contributed by atoms with Crippen LogP contribution in [0.4, 0.5) is 0 Å². The van der Waals surface area contributed by atoms with Gasteiger partial charge >= 0.3 is 0 Å². The molecule has 0 unspecified atom stereocenters. The zero-order valence-corrected chi connectivity index (χ0v) is 11.6. The summed E-state index contributed by atoms with van der Waals surface area (Å²) < 4.78 is 44.8. The quantitative estimate of drug-likeness (QED) is 0.583. The summed E-state index contributed by atoms with van der Waals surface area (Å²) in [6.45, 7) is 0. The van der Waals surface area contributed by atoms with Crippen LogP contribution in [0.5, 0.6) is 0 Å². The molecule has 90 valence electrons. The van der Waals surface area contributed by atoms with E-state index in [1.165, 1.54) is 12.4 Å². The monoisotopic (exact) mass is 348 g/mol. The number of sulfone groups is 1. The average Bonchev–Trinajstić information content (AvgIpc) is 2.15. The highest BCUT2D eigenvalue weighted by Gasteiger charge is 2.20. The average molecular weight is 350 g/mol. The second kappa shape index (κ2) is 4.94. The third-order valence-corrected chi connectivity index (χ3v) is 4.80. The summed E-state index contributed by atoms with van der Waals surface area (Å²) in [5.41, 5.74) is 0. The Kier molecular flexibility index (Phi) is 4.27. The lowest BCUT2D eigenvalue weighted by atomic mass is 10.7. The molecular formula is C6H6BrClN2O4S2. The molecule has 1 heterocycles. The molecule has 0 radical (unpaired) electrons. The lowest BCUT2D eigenvalue weighted by Crippen LogP contribution is -2.16. The molecule has 0 N–H and O–H groups in total. The number of nitrogens with zero attached hydrogens (tertiary/aromatic N) is 2. The van der Waals surface area contributed by atoms with E-state index >= 15 is 0 Å². The van der Waals surface area contributed by atoms with Crippen molar-refractivity contribution in [2.45, 2.75) is 5.16 Å². The van der Waals surface area contributed by atoms with Gasteiger partial charge in [-0.1, -0.05) is 0 Å². The van der Waals surface area contributed by atoms with Gasteiger partial charge in [0.25, 0.3) is 0 Å². The van der Waals surface area contributed by atoms with Crippen LogP contribution in [0.2, 0.25) is 0 Å². The Bertz CT molecular complexity index is 569. The Balaban J connectivity index is 2.91. The fourth-order valence-electron chi connectivity index (χ4n) is 0.762. The van der Waals surface area contributed by atoms with Gasteiger partial charge in [0.1, 0.15) is 0 Å². The van der Waals surface area contributed by atoms with E-state index in [4.69, 9.17) is 10.7 Å². The van der Waals surface area contributed by atoms with E-state index in [2.05, 4.69) is 25.9 Å². The highest BCUT2D eigenvalue weighted by Crippen LogP contribution is 2.10. The van der Waals surface area contributed by atoms with Gasteiger partial charge in [0, 0.05) is 23.1 Å². The van der Waals surface area contributed by atoms with Gasteiger partial charge in [0.05, 0.1) is 16.0 Å². The van der Waals surface area contributed by atoms with E-state index in [-0.39, 0.29) is 0 Å². The van der Waals surface area contributed by atoms with Crippen molar-refractivity contribution >= 4 is 45.5 Å². The van der Waals surface area contributed by atoms with Crippen LogP contribution < -0.4 is 0 Å². The molecule has 0 bridgehead atoms. The van der Waals surface area contributed by atoms with E-state index in [1.807, 2.05) is 0 Å². The van der Waals surface area contributed by atoms with Crippen molar-refractivity contribution in [1.82, 2.24) is 9.97 Å². The minimum absolute atomic E-state index is 0.420. The Morgan fingerprint density at radius 1 is 1.12 bits per heavy atom. The van der Waals surface area contributed by atoms with E-state index in [1.54, 1.807) is 0 Å². The van der Waals surface area contributed by atoms with Gasteiger partial charge in [0.15, 0.2) is 0 Å². The Morgan fingerprint density at radius 3 is 2.06 bits per heavy atom. The van der Waals surface area contributed by atoms with Crippen LogP contribution in [-0.2, 0) is 18.9 Å². The number of halogens is 2. The second-order valence-corrected chi connectivity index (χ2v) is 8.56. The number of rotatable bonds is 4. The maximum atomic E-state index is 11.5. The Morgan fingerprint density at radius 2 is 1.62 bits per heavy atom. The lowest BCUT2D eigenvalue weighted by Gasteiger charge is -2.00. The highest BCUT2D eigenvalue weighted by molar-refractivity contribution is 9.10. The molecule has 6 nitrogen and oxygen atoms in total. The fourth-order valence-corrected chi connectivity index (χ4v) is 3.82. The molecule has 0 aromatic carbocycles. The highest BCUT2D eigenvalue weighted by atomic mass is 79.9. The first-order chi connectivity index (χ1) is 7.21. The predicted molar refractivity (Wildman–Crippen MR) is 61.4 cm³/mol. The molecule has 0 fully saturated rings. The second-order valence-electron chi connectivity index (χ2n) is 2.75. The van der Waals surface area contributed by atoms with Crippen molar-refractivity contribution in [3.63, 3.8) is 0 Å². The number of aromatic nitrogens is 2. The van der Waals surface area contributed by atoms with Crippen molar-refractivity contribution in [3.8, 4) is 0 Å². The van der Waals surface area contributed by atoms with Crippen molar-refractivity contribution in [3.05, 3.63) is 16.9 Å². The van der Waals surface area contributed by atoms with E-state index in [0.717, 1.165) is 0 Å². The molecule has 0 saturated heterocycles. The minimum atomic E-state index is -3.85. The van der Waals surface area contributed by atoms with Crippen LogP contribution in [0.25, 0.3) is 0 Å². The molecule has 10 heteroatoms. The lowest BCUT2D eigenvalue weighted by molar-refractivity contribution is 0.585. The molecule has 1 rings (SSSR count). The zero-order chi connectivity index (χ0) is 12.4. The first-order valence-corrected chi connectivity index (χ1v) is 8.76. The first kappa shape index (κ1) is 13.8. The van der Waals surface area contributed by atoms with Gasteiger partial charge in [0.2, 0.25) is 24.0 Å². The van der Waals surface area contributed by atoms with Gasteiger partial charge in [-0.15, -0.1) is 0 Å². The predicted octanol–water partition coefficient (Wildman–Crippen LogP) is 0.581. The molecule has 0 aliphatic carbocycles. The first-order valence-electron chi connectivity index (χ1n) is 3.83. The molecule has 0 aliphatic rings. The summed E-state index contributed by atoms with van der Waals surface area (Å²) in [5.74, 6) is -1.31. The molecule has 0 spiro atoms. The Hall–Kier alpha value is -0.250. The standard InChI is InChI=1S/C6H6BrClN2O4S2/c7-5-3-9-6(10-4-5)15(11,12)1-2-16(8,13)14/h3-4H,1-2H2. The van der Waals surface area contributed by atoms with Crippen molar-refractivity contribution in [1.29, 1.82) is 0 Å². The SMILES string of the molecule is O=S(=O)(Cl)CCS(=O)(=O)c1ncc(Br)cn1. The molecule has 0 amide bonds. The summed E-state index contributed by atoms with van der Waals surface area (Å²) in [7, 11) is -2.75. The molecule has 1 aromatic rings. The van der Waals surface area contributed by atoms with Gasteiger partial charge < -0.3 is 0 Å². The topological polar surface area (TPSA) is 94.1 Å². The van der Waals surface area contributed by atoms with Gasteiger partial charge in [-0.3, -0.25) is 0 Å². The van der Waals surface area contributed by atoms with Crippen LogP contribution in [0, 0.1) is 0 Å². The van der Waals surface area contributed by atoms with Crippen molar-refractivity contribution in [2.24, 2.45) is 0 Å². The molecule has 16 heavy (non-hydrogen) atoms. The normalized spacial score (nSPS) is 12.6. The maximum Gasteiger partial charge on any atom is 0.247 e. The molecule has 1 aromatic heterocycles. The summed E-state index contributed by atoms with van der Waals surface area (Å²) in [6, 6.07) is 0. The summed E-state index contributed by atoms with van der Waals surface area (Å²) in [6.07, 6.45) is 2.52. The smallest absolute Gasteiger partial charge is 0.226 e. The van der Waals surface area contributed by atoms with Crippen LogP contribution in [-0.4, -0.2) is 38.3 Å². The van der Waals surface area contributed by atoms with Gasteiger partial charge in [-0.05, 0) is 15.9 Å². The third-order valence-electron chi connectivity index (χ3n) is 1.47. The largest absolute Gasteiger partial charge is 0.247 e. The Labute approximate surface area is 106 Å². The van der Waals surface area contributed by atoms with Gasteiger partial charge in [-0.2, -0.15) is 0 Å². The summed E-state index contributed by atoms with van der Waals surface area (Å²) in [4.78, 5) is 7.13. The fraction of sp³-hybridized carbons (Fsp3) is 0.333.